The molecule has 1 aliphatic carbocycles. The van der Waals surface area contributed by atoms with E-state index < -0.39 is 0 Å². The molecule has 0 atom stereocenters. The largest absolute Gasteiger partial charge is 0.356 e. The molecule has 1 fully saturated rings. The molecule has 0 radical (unpaired) electrons. The number of anilines is 1. The Labute approximate surface area is 101 Å². The van der Waals surface area contributed by atoms with E-state index in [9.17, 15) is 0 Å². The van der Waals surface area contributed by atoms with Crippen LogP contribution in [-0.2, 0) is 6.54 Å². The molecule has 0 bridgehead atoms. The van der Waals surface area contributed by atoms with Gasteiger partial charge in [0, 0.05) is 25.0 Å². The van der Waals surface area contributed by atoms with Gasteiger partial charge >= 0.3 is 0 Å². The first-order valence-electron chi connectivity index (χ1n) is 6.11. The quantitative estimate of drug-likeness (QED) is 0.874. The summed E-state index contributed by atoms with van der Waals surface area (Å²) in [6.07, 6.45) is 2.55. The van der Waals surface area contributed by atoms with Crippen molar-refractivity contribution < 1.29 is 0 Å². The van der Waals surface area contributed by atoms with Crippen LogP contribution < -0.4 is 10.6 Å². The van der Waals surface area contributed by atoms with Crippen molar-refractivity contribution in [1.29, 1.82) is 0 Å². The first kappa shape index (κ1) is 10.5. The molecule has 2 N–H and O–H groups in total. The molecule has 88 valence electrons. The van der Waals surface area contributed by atoms with Crippen molar-refractivity contribution in [3.8, 4) is 0 Å². The Morgan fingerprint density at radius 1 is 1.35 bits per heavy atom. The van der Waals surface area contributed by atoms with Gasteiger partial charge in [0.1, 0.15) is 5.82 Å². The summed E-state index contributed by atoms with van der Waals surface area (Å²) in [5.41, 5.74) is 6.68. The lowest BCUT2D eigenvalue weighted by molar-refractivity contribution is 0.881. The summed E-state index contributed by atoms with van der Waals surface area (Å²) in [5, 5.41) is 2.45. The second-order valence-electron chi connectivity index (χ2n) is 4.70. The lowest BCUT2D eigenvalue weighted by Crippen LogP contribution is -2.21. The zero-order valence-corrected chi connectivity index (χ0v) is 10.1. The molecule has 3 heteroatoms. The minimum Gasteiger partial charge on any atom is -0.356 e. The Bertz CT molecular complexity index is 546. The molecule has 3 nitrogen and oxygen atoms in total. The molecule has 17 heavy (non-hydrogen) atoms. The van der Waals surface area contributed by atoms with E-state index in [1.165, 1.54) is 23.6 Å². The van der Waals surface area contributed by atoms with E-state index in [0.29, 0.717) is 12.6 Å². The fourth-order valence-corrected chi connectivity index (χ4v) is 2.24. The highest BCUT2D eigenvalue weighted by Gasteiger charge is 2.28. The van der Waals surface area contributed by atoms with Gasteiger partial charge in [0.2, 0.25) is 0 Å². The van der Waals surface area contributed by atoms with Crippen molar-refractivity contribution in [2.75, 3.05) is 11.9 Å². The third-order valence-corrected chi connectivity index (χ3v) is 3.41. The monoisotopic (exact) mass is 227 g/mol. The number of hydrogen-bond donors (Lipinski definition) is 1. The molecule has 1 aromatic carbocycles. The highest BCUT2D eigenvalue weighted by molar-refractivity contribution is 5.92. The summed E-state index contributed by atoms with van der Waals surface area (Å²) in [5.74, 6) is 1.08. The van der Waals surface area contributed by atoms with E-state index in [1.54, 1.807) is 0 Å². The van der Waals surface area contributed by atoms with Crippen LogP contribution in [0, 0.1) is 0 Å². The maximum atomic E-state index is 5.72. The van der Waals surface area contributed by atoms with Crippen molar-refractivity contribution in [3.05, 3.63) is 36.0 Å². The van der Waals surface area contributed by atoms with E-state index in [1.807, 2.05) is 0 Å². The van der Waals surface area contributed by atoms with Gasteiger partial charge < -0.3 is 10.6 Å². The molecule has 0 unspecified atom stereocenters. The van der Waals surface area contributed by atoms with Crippen LogP contribution >= 0.6 is 0 Å². The molecule has 0 spiro atoms. The van der Waals surface area contributed by atoms with E-state index in [2.05, 4.69) is 47.3 Å². The molecule has 3 rings (SSSR count). The van der Waals surface area contributed by atoms with E-state index in [-0.39, 0.29) is 0 Å². The minimum absolute atomic E-state index is 0.496. The highest BCUT2D eigenvalue weighted by Crippen LogP contribution is 2.33. The molecule has 1 saturated carbocycles. The van der Waals surface area contributed by atoms with Gasteiger partial charge in [-0.05, 0) is 24.3 Å². The number of benzene rings is 1. The molecule has 1 aliphatic rings. The van der Waals surface area contributed by atoms with Gasteiger partial charge in [-0.1, -0.05) is 24.3 Å². The number of hydrogen-bond acceptors (Lipinski definition) is 3. The van der Waals surface area contributed by atoms with Gasteiger partial charge in [0.15, 0.2) is 0 Å². The summed E-state index contributed by atoms with van der Waals surface area (Å²) < 4.78 is 0. The first-order valence-corrected chi connectivity index (χ1v) is 6.11. The summed E-state index contributed by atoms with van der Waals surface area (Å²) in [6, 6.07) is 11.1. The zero-order valence-electron chi connectivity index (χ0n) is 10.1. The Kier molecular flexibility index (Phi) is 2.48. The van der Waals surface area contributed by atoms with Crippen molar-refractivity contribution in [1.82, 2.24) is 4.98 Å². The van der Waals surface area contributed by atoms with Crippen molar-refractivity contribution in [2.45, 2.75) is 25.4 Å². The van der Waals surface area contributed by atoms with Crippen LogP contribution in [0.3, 0.4) is 0 Å². The predicted molar refractivity (Wildman–Crippen MR) is 71.1 cm³/mol. The second-order valence-corrected chi connectivity index (χ2v) is 4.70. The highest BCUT2D eigenvalue weighted by atomic mass is 15.2. The summed E-state index contributed by atoms with van der Waals surface area (Å²) in [6.45, 7) is 0.496. The second kappa shape index (κ2) is 4.00. The Balaban J connectivity index is 2.18. The first-order chi connectivity index (χ1) is 8.29. The van der Waals surface area contributed by atoms with E-state index in [4.69, 9.17) is 5.73 Å². The number of pyridine rings is 1. The minimum atomic E-state index is 0.496. The maximum absolute atomic E-state index is 5.72. The Morgan fingerprint density at radius 2 is 2.12 bits per heavy atom. The van der Waals surface area contributed by atoms with Crippen LogP contribution in [0.15, 0.2) is 30.3 Å². The normalized spacial score (nSPS) is 15.2. The van der Waals surface area contributed by atoms with Gasteiger partial charge in [-0.3, -0.25) is 0 Å². The molecule has 2 aromatic rings. The van der Waals surface area contributed by atoms with E-state index >= 15 is 0 Å². The van der Waals surface area contributed by atoms with E-state index in [0.717, 1.165) is 11.5 Å². The molecular formula is C14H17N3. The van der Waals surface area contributed by atoms with Crippen LogP contribution in [0.1, 0.15) is 18.5 Å². The fourth-order valence-electron chi connectivity index (χ4n) is 2.24. The average Bonchev–Trinajstić information content (AvgIpc) is 3.21. The van der Waals surface area contributed by atoms with Crippen LogP contribution in [0.5, 0.6) is 0 Å². The summed E-state index contributed by atoms with van der Waals surface area (Å²) >= 11 is 0. The number of nitrogens with two attached hydrogens (primary N) is 1. The Morgan fingerprint density at radius 3 is 2.82 bits per heavy atom. The molecule has 0 aliphatic heterocycles. The molecular weight excluding hydrogens is 210 g/mol. The van der Waals surface area contributed by atoms with Gasteiger partial charge in [0.05, 0.1) is 5.69 Å². The molecule has 0 amide bonds. The molecule has 1 heterocycles. The maximum Gasteiger partial charge on any atom is 0.136 e. The van der Waals surface area contributed by atoms with Crippen molar-refractivity contribution in [3.63, 3.8) is 0 Å². The van der Waals surface area contributed by atoms with Gasteiger partial charge in [-0.25, -0.2) is 4.98 Å². The third-order valence-electron chi connectivity index (χ3n) is 3.41. The van der Waals surface area contributed by atoms with Gasteiger partial charge in [0.25, 0.3) is 0 Å². The zero-order chi connectivity index (χ0) is 11.8. The topological polar surface area (TPSA) is 42.2 Å². The predicted octanol–water partition coefficient (Wildman–Crippen LogP) is 2.29. The fraction of sp³-hybridized carbons (Fsp3) is 0.357. The summed E-state index contributed by atoms with van der Waals surface area (Å²) in [4.78, 5) is 6.97. The molecule has 0 saturated heterocycles. The van der Waals surface area contributed by atoms with Crippen molar-refractivity contribution in [2.24, 2.45) is 5.73 Å². The number of fused-ring (bicyclic) bond motifs is 1. The SMILES string of the molecule is CN(c1nc(CN)cc2ccccc12)C1CC1. The van der Waals surface area contributed by atoms with Crippen LogP contribution in [0.2, 0.25) is 0 Å². The number of aromatic nitrogens is 1. The smallest absolute Gasteiger partial charge is 0.136 e. The van der Waals surface area contributed by atoms with Crippen molar-refractivity contribution >= 4 is 16.6 Å². The number of nitrogens with zero attached hydrogens (tertiary/aromatic N) is 2. The number of rotatable bonds is 3. The lowest BCUT2D eigenvalue weighted by atomic mass is 10.1. The van der Waals surface area contributed by atoms with Crippen LogP contribution in [0.4, 0.5) is 5.82 Å². The van der Waals surface area contributed by atoms with Crippen LogP contribution in [0.25, 0.3) is 10.8 Å². The average molecular weight is 227 g/mol. The van der Waals surface area contributed by atoms with Crippen LogP contribution in [-0.4, -0.2) is 18.1 Å². The van der Waals surface area contributed by atoms with Gasteiger partial charge in [-0.2, -0.15) is 0 Å². The standard InChI is InChI=1S/C14H17N3/c1-17(12-6-7-12)14-13-5-3-2-4-10(13)8-11(9-15)16-14/h2-5,8,12H,6-7,9,15H2,1H3. The summed E-state index contributed by atoms with van der Waals surface area (Å²) in [7, 11) is 2.13. The van der Waals surface area contributed by atoms with Gasteiger partial charge in [-0.15, -0.1) is 0 Å². The third kappa shape index (κ3) is 1.87. The molecule has 1 aromatic heterocycles. The lowest BCUT2D eigenvalue weighted by Gasteiger charge is -2.20. The Hall–Kier alpha value is -1.61.